The Balaban J connectivity index is 2.07. The van der Waals surface area contributed by atoms with Gasteiger partial charge in [-0.05, 0) is 18.9 Å². The van der Waals surface area contributed by atoms with E-state index >= 15 is 0 Å². The van der Waals surface area contributed by atoms with Gasteiger partial charge >= 0.3 is 0 Å². The second kappa shape index (κ2) is 6.14. The fraction of sp³-hybridized carbons (Fsp3) is 0.647. The Labute approximate surface area is 126 Å². The van der Waals surface area contributed by atoms with Crippen LogP contribution >= 0.6 is 0 Å². The minimum atomic E-state index is 0.0221. The lowest BCUT2D eigenvalue weighted by molar-refractivity contribution is 0.270. The topological polar surface area (TPSA) is 53.7 Å². The summed E-state index contributed by atoms with van der Waals surface area (Å²) in [6, 6.07) is 4.15. The Bertz CT molecular complexity index is 495. The van der Waals surface area contributed by atoms with Gasteiger partial charge in [0, 0.05) is 23.9 Å². The first-order chi connectivity index (χ1) is 10.3. The van der Waals surface area contributed by atoms with Crippen molar-refractivity contribution in [1.29, 1.82) is 0 Å². The Morgan fingerprint density at radius 1 is 1.10 bits per heavy atom. The van der Waals surface area contributed by atoms with E-state index in [4.69, 9.17) is 19.9 Å². The van der Waals surface area contributed by atoms with Crippen LogP contribution in [0.3, 0.4) is 0 Å². The van der Waals surface area contributed by atoms with Gasteiger partial charge in [-0.25, -0.2) is 0 Å². The molecule has 2 aliphatic rings. The zero-order valence-electron chi connectivity index (χ0n) is 12.8. The molecule has 4 heteroatoms. The van der Waals surface area contributed by atoms with Crippen molar-refractivity contribution >= 4 is 0 Å². The van der Waals surface area contributed by atoms with Gasteiger partial charge in [0.1, 0.15) is 0 Å². The predicted molar refractivity (Wildman–Crippen MR) is 82.4 cm³/mol. The fourth-order valence-electron chi connectivity index (χ4n) is 3.64. The van der Waals surface area contributed by atoms with Gasteiger partial charge in [-0.3, -0.25) is 0 Å². The summed E-state index contributed by atoms with van der Waals surface area (Å²) in [5, 5.41) is 0. The van der Waals surface area contributed by atoms with Crippen LogP contribution < -0.4 is 19.9 Å². The lowest BCUT2D eigenvalue weighted by atomic mass is 9.69. The van der Waals surface area contributed by atoms with Crippen molar-refractivity contribution in [2.24, 2.45) is 5.73 Å². The van der Waals surface area contributed by atoms with Gasteiger partial charge in [0.05, 0.1) is 20.3 Å². The van der Waals surface area contributed by atoms with E-state index in [0.29, 0.717) is 19.8 Å². The molecule has 0 spiro atoms. The fourth-order valence-corrected chi connectivity index (χ4v) is 3.64. The zero-order valence-corrected chi connectivity index (χ0v) is 12.8. The first-order valence-corrected chi connectivity index (χ1v) is 7.98. The highest BCUT2D eigenvalue weighted by molar-refractivity contribution is 5.58. The summed E-state index contributed by atoms with van der Waals surface area (Å²) < 4.78 is 17.4. The molecule has 0 aromatic heterocycles. The summed E-state index contributed by atoms with van der Waals surface area (Å²) in [7, 11) is 1.71. The highest BCUT2D eigenvalue weighted by Gasteiger charge is 2.37. The number of fused-ring (bicyclic) bond motifs is 1. The average molecular weight is 291 g/mol. The van der Waals surface area contributed by atoms with E-state index in [1.54, 1.807) is 7.11 Å². The number of methoxy groups -OCH3 is 1. The number of ether oxygens (including phenoxy) is 3. The van der Waals surface area contributed by atoms with E-state index in [1.165, 1.54) is 24.8 Å². The second-order valence-electron chi connectivity index (χ2n) is 6.07. The highest BCUT2D eigenvalue weighted by atomic mass is 16.5. The largest absolute Gasteiger partial charge is 0.492 e. The molecule has 0 atom stereocenters. The molecule has 1 aliphatic carbocycles. The van der Waals surface area contributed by atoms with Gasteiger partial charge in [-0.15, -0.1) is 0 Å². The van der Waals surface area contributed by atoms with E-state index < -0.39 is 0 Å². The summed E-state index contributed by atoms with van der Waals surface area (Å²) >= 11 is 0. The van der Waals surface area contributed by atoms with Crippen molar-refractivity contribution in [1.82, 2.24) is 0 Å². The molecule has 4 nitrogen and oxygen atoms in total. The smallest absolute Gasteiger partial charge is 0.203 e. The van der Waals surface area contributed by atoms with Crippen LogP contribution in [-0.4, -0.2) is 26.9 Å². The van der Waals surface area contributed by atoms with Crippen molar-refractivity contribution in [3.8, 4) is 17.2 Å². The molecule has 2 N–H and O–H groups in total. The summed E-state index contributed by atoms with van der Waals surface area (Å²) in [6.45, 7) is 2.02. The molecule has 1 aromatic carbocycles. The minimum absolute atomic E-state index is 0.0221. The van der Waals surface area contributed by atoms with E-state index in [2.05, 4.69) is 6.07 Å². The van der Waals surface area contributed by atoms with Gasteiger partial charge in [0.25, 0.3) is 0 Å². The van der Waals surface area contributed by atoms with Crippen molar-refractivity contribution in [3.63, 3.8) is 0 Å². The van der Waals surface area contributed by atoms with Crippen LogP contribution in [0.5, 0.6) is 17.2 Å². The van der Waals surface area contributed by atoms with Crippen LogP contribution in [0.15, 0.2) is 12.1 Å². The number of hydrogen-bond acceptors (Lipinski definition) is 4. The average Bonchev–Trinajstić information content (AvgIpc) is 2.80. The standard InChI is InChI=1S/C17H25NO3/c1-19-15-13(17(12-18)8-3-2-4-9-17)6-7-14-16(15)21-11-5-10-20-14/h6-7H,2-5,8-12,18H2,1H3. The summed E-state index contributed by atoms with van der Waals surface area (Å²) in [6.07, 6.45) is 6.91. The van der Waals surface area contributed by atoms with Crippen LogP contribution in [-0.2, 0) is 5.41 Å². The molecule has 0 radical (unpaired) electrons. The molecule has 21 heavy (non-hydrogen) atoms. The molecule has 0 amide bonds. The normalized spacial score (nSPS) is 20.7. The first-order valence-electron chi connectivity index (χ1n) is 7.98. The van der Waals surface area contributed by atoms with Gasteiger partial charge in [0.15, 0.2) is 11.5 Å². The Hall–Kier alpha value is -1.42. The molecule has 1 saturated carbocycles. The number of rotatable bonds is 3. The van der Waals surface area contributed by atoms with Gasteiger partial charge in [-0.1, -0.05) is 25.3 Å². The molecule has 0 unspecified atom stereocenters. The quantitative estimate of drug-likeness (QED) is 0.930. The van der Waals surface area contributed by atoms with Crippen LogP contribution in [0, 0.1) is 0 Å². The molecule has 1 heterocycles. The number of hydrogen-bond donors (Lipinski definition) is 1. The Kier molecular flexibility index (Phi) is 4.24. The third-order valence-electron chi connectivity index (χ3n) is 4.85. The molecule has 116 valence electrons. The molecule has 0 saturated heterocycles. The zero-order chi connectivity index (χ0) is 14.7. The van der Waals surface area contributed by atoms with Crippen molar-refractivity contribution in [2.45, 2.75) is 43.9 Å². The van der Waals surface area contributed by atoms with Crippen LogP contribution in [0.1, 0.15) is 44.1 Å². The second-order valence-corrected chi connectivity index (χ2v) is 6.07. The van der Waals surface area contributed by atoms with Crippen molar-refractivity contribution in [3.05, 3.63) is 17.7 Å². The van der Waals surface area contributed by atoms with Crippen LogP contribution in [0.2, 0.25) is 0 Å². The van der Waals surface area contributed by atoms with Crippen LogP contribution in [0.25, 0.3) is 0 Å². The molecular weight excluding hydrogens is 266 g/mol. The highest BCUT2D eigenvalue weighted by Crippen LogP contribution is 2.49. The molecule has 0 bridgehead atoms. The summed E-state index contributed by atoms with van der Waals surface area (Å²) in [5.41, 5.74) is 7.39. The Morgan fingerprint density at radius 2 is 1.86 bits per heavy atom. The third-order valence-corrected chi connectivity index (χ3v) is 4.85. The maximum atomic E-state index is 6.17. The summed E-state index contributed by atoms with van der Waals surface area (Å²) in [4.78, 5) is 0. The lowest BCUT2D eigenvalue weighted by Gasteiger charge is -2.38. The Morgan fingerprint density at radius 3 is 2.57 bits per heavy atom. The van der Waals surface area contributed by atoms with Crippen molar-refractivity contribution in [2.75, 3.05) is 26.9 Å². The van der Waals surface area contributed by atoms with Gasteiger partial charge in [-0.2, -0.15) is 0 Å². The first kappa shape index (κ1) is 14.5. The van der Waals surface area contributed by atoms with E-state index in [1.807, 2.05) is 6.07 Å². The molecule has 3 rings (SSSR count). The molecule has 1 aromatic rings. The maximum absolute atomic E-state index is 6.17. The predicted octanol–water partition coefficient (Wildman–Crippen LogP) is 3.02. The third kappa shape index (κ3) is 2.57. The molecule has 1 aliphatic heterocycles. The maximum Gasteiger partial charge on any atom is 0.203 e. The molecular formula is C17H25NO3. The molecule has 1 fully saturated rings. The van der Waals surface area contributed by atoms with Crippen molar-refractivity contribution < 1.29 is 14.2 Å². The summed E-state index contributed by atoms with van der Waals surface area (Å²) in [5.74, 6) is 2.36. The van der Waals surface area contributed by atoms with E-state index in [0.717, 1.165) is 36.5 Å². The van der Waals surface area contributed by atoms with E-state index in [-0.39, 0.29) is 5.41 Å². The SMILES string of the molecule is COc1c(C2(CN)CCCCC2)ccc2c1OCCCO2. The lowest BCUT2D eigenvalue weighted by Crippen LogP contribution is -2.37. The minimum Gasteiger partial charge on any atom is -0.492 e. The number of benzene rings is 1. The van der Waals surface area contributed by atoms with Crippen LogP contribution in [0.4, 0.5) is 0 Å². The van der Waals surface area contributed by atoms with Gasteiger partial charge in [0.2, 0.25) is 5.75 Å². The monoisotopic (exact) mass is 291 g/mol. The number of nitrogens with two attached hydrogens (primary N) is 1. The van der Waals surface area contributed by atoms with E-state index in [9.17, 15) is 0 Å². The van der Waals surface area contributed by atoms with Gasteiger partial charge < -0.3 is 19.9 Å².